The van der Waals surface area contributed by atoms with Crippen LogP contribution in [0.2, 0.25) is 10.0 Å². The van der Waals surface area contributed by atoms with Crippen LogP contribution in [0.4, 0.5) is 0 Å². The second-order valence-corrected chi connectivity index (χ2v) is 5.65. The third-order valence-corrected chi connectivity index (χ3v) is 3.80. The zero-order valence-corrected chi connectivity index (χ0v) is 13.7. The van der Waals surface area contributed by atoms with Crippen LogP contribution in [0.3, 0.4) is 0 Å². The van der Waals surface area contributed by atoms with Gasteiger partial charge in [0.25, 0.3) is 5.69 Å². The fourth-order valence-corrected chi connectivity index (χ4v) is 2.63. The first-order valence-electron chi connectivity index (χ1n) is 7.18. The Hall–Kier alpha value is -1.70. The molecule has 0 bridgehead atoms. The van der Waals surface area contributed by atoms with Gasteiger partial charge in [-0.05, 0) is 29.4 Å². The molecule has 4 nitrogen and oxygen atoms in total. The molecule has 0 saturated carbocycles. The minimum atomic E-state index is 0.150. The van der Waals surface area contributed by atoms with Crippen LogP contribution in [0.25, 0.3) is 11.3 Å². The van der Waals surface area contributed by atoms with Crippen molar-refractivity contribution in [3.8, 4) is 23.1 Å². The quantitative estimate of drug-likeness (QED) is 0.454. The van der Waals surface area contributed by atoms with Crippen molar-refractivity contribution < 1.29 is 9.53 Å². The van der Waals surface area contributed by atoms with Gasteiger partial charge in [-0.3, -0.25) is 4.63 Å². The monoisotopic (exact) mass is 338 g/mol. The Morgan fingerprint density at radius 1 is 1.23 bits per heavy atom. The van der Waals surface area contributed by atoms with E-state index in [1.165, 1.54) is 12.8 Å². The van der Waals surface area contributed by atoms with Crippen molar-refractivity contribution in [2.45, 2.75) is 39.0 Å². The molecule has 1 heterocycles. The molecule has 6 heteroatoms. The first-order chi connectivity index (χ1) is 10.6. The highest BCUT2D eigenvalue weighted by Gasteiger charge is 2.24. The van der Waals surface area contributed by atoms with E-state index in [1.807, 2.05) is 0 Å². The second kappa shape index (κ2) is 8.07. The maximum atomic E-state index is 11.8. The normalized spacial score (nSPS) is 10.3. The van der Waals surface area contributed by atoms with Crippen molar-refractivity contribution in [1.29, 1.82) is 0 Å². The van der Waals surface area contributed by atoms with Crippen molar-refractivity contribution in [2.75, 3.05) is 0 Å². The summed E-state index contributed by atoms with van der Waals surface area (Å²) in [7, 11) is 0. The number of halogens is 2. The van der Waals surface area contributed by atoms with Crippen molar-refractivity contribution in [3.05, 3.63) is 39.1 Å². The van der Waals surface area contributed by atoms with Crippen LogP contribution < -0.4 is 4.90 Å². The van der Waals surface area contributed by atoms with Gasteiger partial charge in [-0.2, -0.15) is 0 Å². The molecule has 0 atom stereocenters. The lowest BCUT2D eigenvalue weighted by molar-refractivity contribution is -0.793. The van der Waals surface area contributed by atoms with Gasteiger partial charge in [-0.15, -0.1) is 0 Å². The fourth-order valence-electron chi connectivity index (χ4n) is 2.05. The molecule has 22 heavy (non-hydrogen) atoms. The maximum Gasteiger partial charge on any atom is 0.299 e. The Labute approximate surface area is 139 Å². The third kappa shape index (κ3) is 3.94. The minimum Gasteiger partial charge on any atom is -0.359 e. The van der Waals surface area contributed by atoms with Gasteiger partial charge in [0.1, 0.15) is 0 Å². The minimum absolute atomic E-state index is 0.150. The summed E-state index contributed by atoms with van der Waals surface area (Å²) in [4.78, 5) is 0.286. The van der Waals surface area contributed by atoms with Crippen LogP contribution in [0.5, 0.6) is 0 Å². The summed E-state index contributed by atoms with van der Waals surface area (Å²) in [6.07, 6.45) is 5.31. The summed E-state index contributed by atoms with van der Waals surface area (Å²) in [5.74, 6) is 5.88. The van der Waals surface area contributed by atoms with E-state index in [2.05, 4.69) is 28.6 Å². The summed E-state index contributed by atoms with van der Waals surface area (Å²) < 4.78 is 4.65. The smallest absolute Gasteiger partial charge is 0.299 e. The second-order valence-electron chi connectivity index (χ2n) is 4.84. The van der Waals surface area contributed by atoms with Gasteiger partial charge in [0.2, 0.25) is 5.69 Å². The average molecular weight is 339 g/mol. The molecule has 0 aliphatic carbocycles. The summed E-state index contributed by atoms with van der Waals surface area (Å²) in [6, 6.07) is 5.01. The summed E-state index contributed by atoms with van der Waals surface area (Å²) >= 11 is 12.3. The van der Waals surface area contributed by atoms with E-state index in [4.69, 9.17) is 23.2 Å². The molecule has 1 aromatic carbocycles. The lowest BCUT2D eigenvalue weighted by Gasteiger charge is -2.02. The summed E-state index contributed by atoms with van der Waals surface area (Å²) in [5, 5.41) is 16.2. The highest BCUT2D eigenvalue weighted by Crippen LogP contribution is 2.33. The molecule has 0 unspecified atom stereocenters. The Balaban J connectivity index is 2.24. The van der Waals surface area contributed by atoms with E-state index in [0.29, 0.717) is 15.6 Å². The van der Waals surface area contributed by atoms with Gasteiger partial charge >= 0.3 is 0 Å². The predicted octanol–water partition coefficient (Wildman–Crippen LogP) is 4.60. The van der Waals surface area contributed by atoms with E-state index in [9.17, 15) is 5.21 Å². The first-order valence-corrected chi connectivity index (χ1v) is 7.93. The fraction of sp³-hybridized carbons (Fsp3) is 0.375. The summed E-state index contributed by atoms with van der Waals surface area (Å²) in [5.41, 5.74) is 0.787. The number of hydrogen-bond acceptors (Lipinski definition) is 3. The van der Waals surface area contributed by atoms with Gasteiger partial charge in [-0.1, -0.05) is 61.4 Å². The molecule has 0 saturated heterocycles. The van der Waals surface area contributed by atoms with E-state index >= 15 is 0 Å². The topological polar surface area (TPSA) is 53.0 Å². The molecule has 0 N–H and O–H groups in total. The van der Waals surface area contributed by atoms with E-state index < -0.39 is 0 Å². The number of benzene rings is 1. The molecule has 0 aliphatic rings. The van der Waals surface area contributed by atoms with Crippen molar-refractivity contribution in [1.82, 2.24) is 5.16 Å². The summed E-state index contributed by atoms with van der Waals surface area (Å²) in [6.45, 7) is 2.16. The molecule has 116 valence electrons. The van der Waals surface area contributed by atoms with E-state index in [0.717, 1.165) is 19.3 Å². The Bertz CT molecular complexity index is 682. The molecule has 0 aliphatic heterocycles. The third-order valence-electron chi connectivity index (χ3n) is 3.17. The van der Waals surface area contributed by atoms with Crippen LogP contribution in [0.15, 0.2) is 22.8 Å². The molecule has 2 rings (SSSR count). The molecule has 0 spiro atoms. The van der Waals surface area contributed by atoms with Gasteiger partial charge in [0, 0.05) is 6.42 Å². The number of unbranched alkanes of at least 4 members (excludes halogenated alkanes) is 4. The van der Waals surface area contributed by atoms with Gasteiger partial charge < -0.3 is 5.21 Å². The maximum absolute atomic E-state index is 11.8. The largest absolute Gasteiger partial charge is 0.359 e. The zero-order valence-electron chi connectivity index (χ0n) is 12.2. The zero-order chi connectivity index (χ0) is 15.9. The lowest BCUT2D eigenvalue weighted by atomic mass is 10.1. The standard InChI is InChI=1S/C16H16Cl2N2O2/c1-2-3-4-5-6-7-11-14-16(20(21)22-19-14)15-12(17)9-8-10-13(15)18/h8-10H,2-6H2,1H3. The molecular formula is C16H16Cl2N2O2. The number of nitrogens with zero attached hydrogens (tertiary/aromatic N) is 2. The van der Waals surface area contributed by atoms with Crippen LogP contribution in [0, 0.1) is 17.0 Å². The van der Waals surface area contributed by atoms with Gasteiger partial charge in [-0.25, -0.2) is 0 Å². The number of aromatic nitrogens is 2. The molecule has 1 aromatic heterocycles. The first kappa shape index (κ1) is 16.7. The molecule has 0 fully saturated rings. The molecule has 0 amide bonds. The van der Waals surface area contributed by atoms with Gasteiger partial charge in [0.15, 0.2) is 0 Å². The predicted molar refractivity (Wildman–Crippen MR) is 86.6 cm³/mol. The van der Waals surface area contributed by atoms with Crippen LogP contribution in [0.1, 0.15) is 44.7 Å². The van der Waals surface area contributed by atoms with Crippen LogP contribution >= 0.6 is 23.2 Å². The van der Waals surface area contributed by atoms with E-state index in [1.54, 1.807) is 18.2 Å². The SMILES string of the molecule is CCCCCCC#Cc1no[n+]([O-])c1-c1c(Cl)cccc1Cl. The highest BCUT2D eigenvalue weighted by atomic mass is 35.5. The lowest BCUT2D eigenvalue weighted by Crippen LogP contribution is -2.25. The highest BCUT2D eigenvalue weighted by molar-refractivity contribution is 6.39. The van der Waals surface area contributed by atoms with Crippen LogP contribution in [-0.4, -0.2) is 5.16 Å². The van der Waals surface area contributed by atoms with Gasteiger partial charge in [0.05, 0.1) is 20.8 Å². The molecule has 2 aromatic rings. The Morgan fingerprint density at radius 3 is 2.64 bits per heavy atom. The van der Waals surface area contributed by atoms with Crippen molar-refractivity contribution >= 4 is 23.2 Å². The number of rotatable bonds is 5. The van der Waals surface area contributed by atoms with Crippen LogP contribution in [-0.2, 0) is 0 Å². The Kier molecular flexibility index (Phi) is 6.11. The van der Waals surface area contributed by atoms with Crippen molar-refractivity contribution in [3.63, 3.8) is 0 Å². The molecular weight excluding hydrogens is 323 g/mol. The Morgan fingerprint density at radius 2 is 1.95 bits per heavy atom. The van der Waals surface area contributed by atoms with E-state index in [-0.39, 0.29) is 16.3 Å². The van der Waals surface area contributed by atoms with Crippen molar-refractivity contribution in [2.24, 2.45) is 0 Å². The average Bonchev–Trinajstić information content (AvgIpc) is 2.84. The molecule has 0 radical (unpaired) electrons. The number of hydrogen-bond donors (Lipinski definition) is 0.